The summed E-state index contributed by atoms with van der Waals surface area (Å²) in [6, 6.07) is 47.4. The van der Waals surface area contributed by atoms with Gasteiger partial charge in [0.15, 0.2) is 0 Å². The Morgan fingerprint density at radius 3 is 2.05 bits per heavy atom. The van der Waals surface area contributed by atoms with Crippen LogP contribution in [-0.4, -0.2) is 0 Å². The van der Waals surface area contributed by atoms with Crippen LogP contribution < -0.4 is 4.90 Å². The summed E-state index contributed by atoms with van der Waals surface area (Å²) in [4.78, 5) is 2.61. The van der Waals surface area contributed by atoms with Gasteiger partial charge >= 0.3 is 0 Å². The van der Waals surface area contributed by atoms with Crippen molar-refractivity contribution in [2.24, 2.45) is 0 Å². The van der Waals surface area contributed by atoms with Crippen LogP contribution in [0.3, 0.4) is 0 Å². The molecule has 0 fully saturated rings. The minimum Gasteiger partial charge on any atom is -0.313 e. The Labute approximate surface area is 252 Å². The highest BCUT2D eigenvalue weighted by Gasteiger charge is 2.27. The monoisotopic (exact) mass is 549 g/mol. The van der Waals surface area contributed by atoms with Crippen LogP contribution in [-0.2, 0) is 6.42 Å². The van der Waals surface area contributed by atoms with Crippen LogP contribution in [0.25, 0.3) is 54.2 Å². The summed E-state index contributed by atoms with van der Waals surface area (Å²) in [6.07, 6.45) is 9.03. The number of hydrogen-bond acceptors (Lipinski definition) is 1. The normalized spacial score (nSPS) is 14.8. The molecule has 9 rings (SSSR count). The van der Waals surface area contributed by atoms with Crippen LogP contribution in [0.2, 0.25) is 0 Å². The zero-order valence-corrected chi connectivity index (χ0v) is 24.1. The third-order valence-electron chi connectivity index (χ3n) is 9.56. The molecule has 2 aliphatic rings. The quantitative estimate of drug-likeness (QED) is 0.194. The van der Waals surface area contributed by atoms with Crippen molar-refractivity contribution in [1.29, 1.82) is 0 Å². The molecule has 0 radical (unpaired) electrons. The van der Waals surface area contributed by atoms with Crippen molar-refractivity contribution in [3.05, 3.63) is 156 Å². The molecule has 1 heterocycles. The van der Waals surface area contributed by atoms with Crippen LogP contribution >= 0.6 is 0 Å². The fourth-order valence-electron chi connectivity index (χ4n) is 7.64. The molecule has 0 spiro atoms. The van der Waals surface area contributed by atoms with Gasteiger partial charge < -0.3 is 4.90 Å². The van der Waals surface area contributed by atoms with Crippen molar-refractivity contribution in [3.63, 3.8) is 0 Å². The van der Waals surface area contributed by atoms with Gasteiger partial charge in [-0.05, 0) is 104 Å². The Morgan fingerprint density at radius 1 is 0.465 bits per heavy atom. The molecule has 7 aromatic carbocycles. The largest absolute Gasteiger partial charge is 0.313 e. The van der Waals surface area contributed by atoms with E-state index in [0.29, 0.717) is 0 Å². The maximum atomic E-state index is 2.61. The summed E-state index contributed by atoms with van der Waals surface area (Å²) in [5.74, 6) is 0. The smallest absolute Gasteiger partial charge is 0.0543 e. The van der Waals surface area contributed by atoms with Gasteiger partial charge in [-0.1, -0.05) is 121 Å². The summed E-state index contributed by atoms with van der Waals surface area (Å²) >= 11 is 0. The van der Waals surface area contributed by atoms with Gasteiger partial charge in [0, 0.05) is 16.8 Å². The Bertz CT molecular complexity index is 2300. The van der Waals surface area contributed by atoms with E-state index in [1.807, 2.05) is 0 Å². The van der Waals surface area contributed by atoms with E-state index >= 15 is 0 Å². The van der Waals surface area contributed by atoms with E-state index in [2.05, 4.69) is 144 Å². The molecular weight excluding hydrogens is 518 g/mol. The van der Waals surface area contributed by atoms with E-state index in [1.54, 1.807) is 0 Å². The molecule has 43 heavy (non-hydrogen) atoms. The van der Waals surface area contributed by atoms with Crippen molar-refractivity contribution >= 4 is 54.5 Å². The lowest BCUT2D eigenvalue weighted by atomic mass is 9.88. The number of aryl methyl sites for hydroxylation is 1. The number of nitrogens with zero attached hydrogens (tertiary/aromatic N) is 1. The number of anilines is 2. The van der Waals surface area contributed by atoms with Gasteiger partial charge in [-0.25, -0.2) is 0 Å². The second-order valence-electron chi connectivity index (χ2n) is 11.9. The predicted octanol–water partition coefficient (Wildman–Crippen LogP) is 11.7. The summed E-state index contributed by atoms with van der Waals surface area (Å²) in [6.45, 7) is 0. The van der Waals surface area contributed by atoms with Crippen LogP contribution in [0, 0.1) is 0 Å². The molecule has 1 aliphatic heterocycles. The predicted molar refractivity (Wildman–Crippen MR) is 184 cm³/mol. The molecule has 0 aromatic heterocycles. The highest BCUT2D eigenvalue weighted by Crippen LogP contribution is 2.47. The number of para-hydroxylation sites is 1. The maximum absolute atomic E-state index is 2.61. The van der Waals surface area contributed by atoms with Crippen molar-refractivity contribution in [2.45, 2.75) is 25.7 Å². The Balaban J connectivity index is 1.42. The van der Waals surface area contributed by atoms with E-state index in [9.17, 15) is 0 Å². The minimum absolute atomic E-state index is 1.06. The zero-order valence-electron chi connectivity index (χ0n) is 24.1. The van der Waals surface area contributed by atoms with Crippen molar-refractivity contribution in [2.75, 3.05) is 4.90 Å². The minimum atomic E-state index is 1.06. The third-order valence-corrected chi connectivity index (χ3v) is 9.56. The van der Waals surface area contributed by atoms with Gasteiger partial charge in [0.25, 0.3) is 0 Å². The molecule has 0 unspecified atom stereocenters. The van der Waals surface area contributed by atoms with Gasteiger partial charge in [-0.15, -0.1) is 0 Å². The summed E-state index contributed by atoms with van der Waals surface area (Å²) in [7, 11) is 0. The lowest BCUT2D eigenvalue weighted by Gasteiger charge is -2.32. The highest BCUT2D eigenvalue weighted by molar-refractivity contribution is 6.26. The Morgan fingerprint density at radius 2 is 1.16 bits per heavy atom. The third kappa shape index (κ3) is 3.78. The Hall–Kier alpha value is -5.14. The van der Waals surface area contributed by atoms with E-state index in [4.69, 9.17) is 0 Å². The van der Waals surface area contributed by atoms with Crippen LogP contribution in [0.4, 0.5) is 11.4 Å². The molecule has 1 heteroatoms. The molecule has 204 valence electrons. The second kappa shape index (κ2) is 9.71. The highest BCUT2D eigenvalue weighted by atomic mass is 15.2. The molecule has 0 bridgehead atoms. The SMILES string of the molecule is C1=CC2=C(CC1)N(c1cc3cc(-c4cccc5ccccc45)c4ccccc4c3c3ccccc13)c1ccccc1CC2. The summed E-state index contributed by atoms with van der Waals surface area (Å²) in [5.41, 5.74) is 9.52. The molecule has 1 nitrogen and oxygen atoms in total. The van der Waals surface area contributed by atoms with E-state index in [-0.39, 0.29) is 0 Å². The fourth-order valence-corrected chi connectivity index (χ4v) is 7.64. The van der Waals surface area contributed by atoms with E-state index in [1.165, 1.54) is 82.4 Å². The molecule has 1 aliphatic carbocycles. The second-order valence-corrected chi connectivity index (χ2v) is 11.9. The van der Waals surface area contributed by atoms with Gasteiger partial charge in [0.05, 0.1) is 5.69 Å². The number of benzene rings is 7. The van der Waals surface area contributed by atoms with Crippen molar-refractivity contribution in [1.82, 2.24) is 0 Å². The lowest BCUT2D eigenvalue weighted by Crippen LogP contribution is -2.19. The molecule has 0 amide bonds. The average molecular weight is 550 g/mol. The Kier molecular flexibility index (Phi) is 5.52. The average Bonchev–Trinajstić information content (AvgIpc) is 3.24. The zero-order chi connectivity index (χ0) is 28.3. The molecule has 7 aromatic rings. The van der Waals surface area contributed by atoms with Crippen molar-refractivity contribution in [3.8, 4) is 11.1 Å². The lowest BCUT2D eigenvalue weighted by molar-refractivity contribution is 0.874. The molecule has 0 saturated carbocycles. The van der Waals surface area contributed by atoms with Gasteiger partial charge in [0.2, 0.25) is 0 Å². The maximum Gasteiger partial charge on any atom is 0.0543 e. The van der Waals surface area contributed by atoms with E-state index < -0.39 is 0 Å². The van der Waals surface area contributed by atoms with Crippen LogP contribution in [0.15, 0.2) is 151 Å². The van der Waals surface area contributed by atoms with Crippen LogP contribution in [0.5, 0.6) is 0 Å². The number of hydrogen-bond donors (Lipinski definition) is 0. The van der Waals surface area contributed by atoms with Crippen molar-refractivity contribution < 1.29 is 0 Å². The first kappa shape index (κ1) is 24.5. The number of rotatable bonds is 2. The summed E-state index contributed by atoms with van der Waals surface area (Å²) in [5, 5.41) is 10.4. The molecular formula is C42H31N. The van der Waals surface area contributed by atoms with Gasteiger partial charge in [-0.2, -0.15) is 0 Å². The van der Waals surface area contributed by atoms with E-state index in [0.717, 1.165) is 25.7 Å². The topological polar surface area (TPSA) is 3.24 Å². The first-order valence-corrected chi connectivity index (χ1v) is 15.5. The fraction of sp³-hybridized carbons (Fsp3) is 0.0952. The van der Waals surface area contributed by atoms with Gasteiger partial charge in [-0.3, -0.25) is 0 Å². The standard InChI is InChI=1S/C42H31N/c1-4-16-32-28(12-1)15-11-21-33(32)38-26-31-27-41(35-18-6-8-20-37(35)42(31)36-19-7-5-17-34(36)38)43-39-22-9-2-13-29(39)24-25-30-14-3-10-23-40(30)43/h1-9,11-22,26-27H,10,23-25H2. The number of fused-ring (bicyclic) bond motifs is 7. The first-order valence-electron chi connectivity index (χ1n) is 15.5. The molecule has 0 saturated heterocycles. The van der Waals surface area contributed by atoms with Gasteiger partial charge in [0.1, 0.15) is 0 Å². The number of allylic oxidation sites excluding steroid dienone is 4. The molecule has 0 atom stereocenters. The first-order chi connectivity index (χ1) is 21.3. The molecule has 0 N–H and O–H groups in total. The van der Waals surface area contributed by atoms with Crippen LogP contribution in [0.1, 0.15) is 24.8 Å². The summed E-state index contributed by atoms with van der Waals surface area (Å²) < 4.78 is 0.